The van der Waals surface area contributed by atoms with E-state index in [0.717, 1.165) is 24.7 Å². The van der Waals surface area contributed by atoms with Crippen molar-refractivity contribution in [1.29, 1.82) is 0 Å². The Morgan fingerprint density at radius 1 is 1.37 bits per heavy atom. The van der Waals surface area contributed by atoms with Gasteiger partial charge in [0, 0.05) is 19.3 Å². The molecule has 0 unspecified atom stereocenters. The highest BCUT2D eigenvalue weighted by molar-refractivity contribution is 7.90. The van der Waals surface area contributed by atoms with Gasteiger partial charge in [-0.15, -0.1) is 0 Å². The van der Waals surface area contributed by atoms with Gasteiger partial charge in [0.05, 0.1) is 16.3 Å². The molecule has 2 rings (SSSR count). The Bertz CT molecular complexity index is 551. The summed E-state index contributed by atoms with van der Waals surface area (Å²) in [6.07, 6.45) is 5.10. The molecule has 4 nitrogen and oxygen atoms in total. The maximum absolute atomic E-state index is 11.5. The summed E-state index contributed by atoms with van der Waals surface area (Å²) in [5.74, 6) is 0.758. The standard InChI is InChI=1S/C14H22N2O2S/c1-3-16(10-11-5-4-6-11)14-8-7-12(9-13(14)15)19(2,17)18/h7-9,11H,3-6,10,15H2,1-2H3. The number of nitrogens with two attached hydrogens (primary N) is 1. The van der Waals surface area contributed by atoms with Crippen LogP contribution in [0.1, 0.15) is 26.2 Å². The number of benzene rings is 1. The van der Waals surface area contributed by atoms with Crippen molar-refractivity contribution in [3.8, 4) is 0 Å². The highest BCUT2D eigenvalue weighted by Gasteiger charge is 2.21. The van der Waals surface area contributed by atoms with E-state index in [1.807, 2.05) is 6.07 Å². The maximum Gasteiger partial charge on any atom is 0.175 e. The molecule has 1 saturated carbocycles. The van der Waals surface area contributed by atoms with Gasteiger partial charge in [0.25, 0.3) is 0 Å². The topological polar surface area (TPSA) is 63.4 Å². The largest absolute Gasteiger partial charge is 0.397 e. The third-order valence-electron chi connectivity index (χ3n) is 3.85. The zero-order chi connectivity index (χ0) is 14.0. The second-order valence-corrected chi connectivity index (χ2v) is 7.34. The molecule has 0 amide bonds. The Hall–Kier alpha value is -1.23. The van der Waals surface area contributed by atoms with Crippen LogP contribution < -0.4 is 10.6 Å². The molecule has 1 aliphatic rings. The van der Waals surface area contributed by atoms with Crippen LogP contribution in [0.2, 0.25) is 0 Å². The minimum Gasteiger partial charge on any atom is -0.397 e. The minimum atomic E-state index is -3.19. The third-order valence-corrected chi connectivity index (χ3v) is 4.96. The molecule has 5 heteroatoms. The Kier molecular flexibility index (Phi) is 4.04. The van der Waals surface area contributed by atoms with Crippen LogP contribution >= 0.6 is 0 Å². The smallest absolute Gasteiger partial charge is 0.175 e. The highest BCUT2D eigenvalue weighted by Crippen LogP contribution is 2.31. The predicted molar refractivity (Wildman–Crippen MR) is 79.2 cm³/mol. The Balaban J connectivity index is 2.23. The van der Waals surface area contributed by atoms with Gasteiger partial charge in [-0.1, -0.05) is 6.42 Å². The van der Waals surface area contributed by atoms with Crippen LogP contribution in [0.4, 0.5) is 11.4 Å². The van der Waals surface area contributed by atoms with Crippen LogP contribution in [0.25, 0.3) is 0 Å². The first-order valence-electron chi connectivity index (χ1n) is 6.76. The lowest BCUT2D eigenvalue weighted by molar-refractivity contribution is 0.318. The first-order chi connectivity index (χ1) is 8.91. The molecule has 0 saturated heterocycles. The minimum absolute atomic E-state index is 0.286. The van der Waals surface area contributed by atoms with Crippen LogP contribution in [-0.2, 0) is 9.84 Å². The van der Waals surface area contributed by atoms with Gasteiger partial charge in [0.15, 0.2) is 9.84 Å². The SMILES string of the molecule is CCN(CC1CCC1)c1ccc(S(C)(=O)=O)cc1N. The maximum atomic E-state index is 11.5. The van der Waals surface area contributed by atoms with Crippen LogP contribution in [-0.4, -0.2) is 27.8 Å². The quantitative estimate of drug-likeness (QED) is 0.842. The normalized spacial score (nSPS) is 16.1. The van der Waals surface area contributed by atoms with Crippen molar-refractivity contribution >= 4 is 21.2 Å². The molecule has 0 radical (unpaired) electrons. The Morgan fingerprint density at radius 2 is 2.05 bits per heavy atom. The van der Waals surface area contributed by atoms with Crippen molar-refractivity contribution < 1.29 is 8.42 Å². The van der Waals surface area contributed by atoms with E-state index in [9.17, 15) is 8.42 Å². The van der Waals surface area contributed by atoms with Crippen LogP contribution in [0.15, 0.2) is 23.1 Å². The van der Waals surface area contributed by atoms with E-state index in [1.54, 1.807) is 12.1 Å². The lowest BCUT2D eigenvalue weighted by atomic mass is 9.85. The van der Waals surface area contributed by atoms with Crippen molar-refractivity contribution in [2.45, 2.75) is 31.1 Å². The van der Waals surface area contributed by atoms with Crippen molar-refractivity contribution in [3.05, 3.63) is 18.2 Å². The summed E-state index contributed by atoms with van der Waals surface area (Å²) in [6.45, 7) is 4.00. The van der Waals surface area contributed by atoms with E-state index in [4.69, 9.17) is 5.73 Å². The molecule has 0 spiro atoms. The van der Waals surface area contributed by atoms with Gasteiger partial charge < -0.3 is 10.6 Å². The molecule has 1 aliphatic carbocycles. The molecule has 0 heterocycles. The van der Waals surface area contributed by atoms with Crippen molar-refractivity contribution in [3.63, 3.8) is 0 Å². The molecular weight excluding hydrogens is 260 g/mol. The van der Waals surface area contributed by atoms with E-state index in [-0.39, 0.29) is 4.90 Å². The first kappa shape index (κ1) is 14.2. The number of hydrogen-bond donors (Lipinski definition) is 1. The number of nitrogens with zero attached hydrogens (tertiary/aromatic N) is 1. The third kappa shape index (κ3) is 3.21. The van der Waals surface area contributed by atoms with Crippen molar-refractivity contribution in [2.24, 2.45) is 5.92 Å². The van der Waals surface area contributed by atoms with Gasteiger partial charge in [-0.05, 0) is 43.9 Å². The molecule has 1 aromatic carbocycles. The van der Waals surface area contributed by atoms with E-state index in [2.05, 4.69) is 11.8 Å². The molecule has 19 heavy (non-hydrogen) atoms. The molecule has 2 N–H and O–H groups in total. The first-order valence-corrected chi connectivity index (χ1v) is 8.65. The summed E-state index contributed by atoms with van der Waals surface area (Å²) in [6, 6.07) is 5.03. The number of rotatable bonds is 5. The fourth-order valence-corrected chi connectivity index (χ4v) is 3.09. The Labute approximate surface area is 115 Å². The van der Waals surface area contributed by atoms with Crippen molar-refractivity contribution in [1.82, 2.24) is 0 Å². The fraction of sp³-hybridized carbons (Fsp3) is 0.571. The predicted octanol–water partition coefficient (Wildman–Crippen LogP) is 2.30. The fourth-order valence-electron chi connectivity index (χ4n) is 2.44. The summed E-state index contributed by atoms with van der Waals surface area (Å²) in [5, 5.41) is 0. The Morgan fingerprint density at radius 3 is 2.47 bits per heavy atom. The molecule has 0 bridgehead atoms. The van der Waals surface area contributed by atoms with Gasteiger partial charge in [-0.2, -0.15) is 0 Å². The van der Waals surface area contributed by atoms with Crippen LogP contribution in [0.5, 0.6) is 0 Å². The lowest BCUT2D eigenvalue weighted by Crippen LogP contribution is -2.32. The summed E-state index contributed by atoms with van der Waals surface area (Å²) in [7, 11) is -3.19. The average molecular weight is 282 g/mol. The molecular formula is C14H22N2O2S. The van der Waals surface area contributed by atoms with E-state index in [1.165, 1.54) is 25.5 Å². The number of hydrogen-bond acceptors (Lipinski definition) is 4. The van der Waals surface area contributed by atoms with Gasteiger partial charge in [-0.25, -0.2) is 8.42 Å². The summed E-state index contributed by atoms with van der Waals surface area (Å²) in [5.41, 5.74) is 7.52. The van der Waals surface area contributed by atoms with Gasteiger partial charge in [0.1, 0.15) is 0 Å². The van der Waals surface area contributed by atoms with Gasteiger partial charge >= 0.3 is 0 Å². The van der Waals surface area contributed by atoms with Crippen molar-refractivity contribution in [2.75, 3.05) is 30.0 Å². The summed E-state index contributed by atoms with van der Waals surface area (Å²) in [4.78, 5) is 2.53. The zero-order valence-corrected chi connectivity index (χ0v) is 12.4. The van der Waals surface area contributed by atoms with Gasteiger partial charge in [0.2, 0.25) is 0 Å². The number of anilines is 2. The number of sulfone groups is 1. The molecule has 1 aromatic rings. The molecule has 0 aromatic heterocycles. The zero-order valence-electron chi connectivity index (χ0n) is 11.6. The monoisotopic (exact) mass is 282 g/mol. The molecule has 0 aliphatic heterocycles. The average Bonchev–Trinajstić information content (AvgIpc) is 2.28. The van der Waals surface area contributed by atoms with Gasteiger partial charge in [-0.3, -0.25) is 0 Å². The second-order valence-electron chi connectivity index (χ2n) is 5.33. The summed E-state index contributed by atoms with van der Waals surface area (Å²) < 4.78 is 23.0. The van der Waals surface area contributed by atoms with E-state index >= 15 is 0 Å². The molecule has 0 atom stereocenters. The summed E-state index contributed by atoms with van der Waals surface area (Å²) >= 11 is 0. The molecule has 1 fully saturated rings. The van der Waals surface area contributed by atoms with E-state index in [0.29, 0.717) is 5.69 Å². The van der Waals surface area contributed by atoms with Crippen LogP contribution in [0, 0.1) is 5.92 Å². The molecule has 106 valence electrons. The second kappa shape index (κ2) is 5.41. The van der Waals surface area contributed by atoms with Crippen LogP contribution in [0.3, 0.4) is 0 Å². The number of nitrogen functional groups attached to an aromatic ring is 1. The lowest BCUT2D eigenvalue weighted by Gasteiger charge is -2.33. The van der Waals surface area contributed by atoms with E-state index < -0.39 is 9.84 Å². The highest BCUT2D eigenvalue weighted by atomic mass is 32.2.